The topological polar surface area (TPSA) is 49.0 Å². The molecule has 1 fully saturated rings. The van der Waals surface area contributed by atoms with Gasteiger partial charge in [-0.05, 0) is 6.07 Å². The first-order valence-electron chi connectivity index (χ1n) is 5.91. The van der Waals surface area contributed by atoms with Crippen molar-refractivity contribution in [1.29, 1.82) is 0 Å². The van der Waals surface area contributed by atoms with E-state index in [0.717, 1.165) is 24.5 Å². The third-order valence-corrected chi connectivity index (χ3v) is 3.03. The number of nitrogens with one attached hydrogen (secondary N) is 1. The molecule has 18 heavy (non-hydrogen) atoms. The summed E-state index contributed by atoms with van der Waals surface area (Å²) in [6.07, 6.45) is 0. The Balaban J connectivity index is 2.37. The zero-order valence-electron chi connectivity index (χ0n) is 11.0. The van der Waals surface area contributed by atoms with Gasteiger partial charge in [-0.3, -0.25) is 0 Å². The van der Waals surface area contributed by atoms with E-state index in [1.807, 2.05) is 12.1 Å². The molecule has 1 atom stereocenters. The summed E-state index contributed by atoms with van der Waals surface area (Å²) in [5.41, 5.74) is 1.02. The Morgan fingerprint density at radius 3 is 2.28 bits per heavy atom. The summed E-state index contributed by atoms with van der Waals surface area (Å²) in [4.78, 5) is 0. The van der Waals surface area contributed by atoms with Crippen LogP contribution in [0.1, 0.15) is 11.6 Å². The molecule has 5 nitrogen and oxygen atoms in total. The van der Waals surface area contributed by atoms with Gasteiger partial charge in [0.2, 0.25) is 0 Å². The molecule has 0 spiro atoms. The second kappa shape index (κ2) is 5.93. The predicted octanol–water partition coefficient (Wildman–Crippen LogP) is 1.37. The molecule has 1 unspecified atom stereocenters. The zero-order valence-corrected chi connectivity index (χ0v) is 11.0. The summed E-state index contributed by atoms with van der Waals surface area (Å²) in [6, 6.07) is 3.89. The van der Waals surface area contributed by atoms with Gasteiger partial charge in [0, 0.05) is 18.2 Å². The average Bonchev–Trinajstić information content (AvgIpc) is 2.46. The molecule has 0 aliphatic carbocycles. The average molecular weight is 253 g/mol. The van der Waals surface area contributed by atoms with Gasteiger partial charge in [-0.1, -0.05) is 0 Å². The Kier molecular flexibility index (Phi) is 4.28. The van der Waals surface area contributed by atoms with Crippen molar-refractivity contribution >= 4 is 0 Å². The summed E-state index contributed by atoms with van der Waals surface area (Å²) in [7, 11) is 4.88. The highest BCUT2D eigenvalue weighted by molar-refractivity contribution is 5.52. The molecule has 1 aliphatic heterocycles. The summed E-state index contributed by atoms with van der Waals surface area (Å²) in [5, 5.41) is 3.40. The van der Waals surface area contributed by atoms with Crippen LogP contribution in [0, 0.1) is 0 Å². The molecule has 2 rings (SSSR count). The molecular formula is C13H19NO4. The van der Waals surface area contributed by atoms with Gasteiger partial charge in [-0.25, -0.2) is 0 Å². The van der Waals surface area contributed by atoms with Gasteiger partial charge in [0.05, 0.1) is 40.6 Å². The van der Waals surface area contributed by atoms with E-state index in [9.17, 15) is 0 Å². The van der Waals surface area contributed by atoms with Crippen molar-refractivity contribution in [2.75, 3.05) is 41.1 Å². The Hall–Kier alpha value is -1.46. The molecule has 0 radical (unpaired) electrons. The summed E-state index contributed by atoms with van der Waals surface area (Å²) in [5.74, 6) is 2.13. The Morgan fingerprint density at radius 1 is 1.06 bits per heavy atom. The van der Waals surface area contributed by atoms with E-state index in [4.69, 9.17) is 18.9 Å². The molecule has 0 aromatic heterocycles. The van der Waals surface area contributed by atoms with E-state index < -0.39 is 0 Å². The highest BCUT2D eigenvalue weighted by Crippen LogP contribution is 2.37. The standard InChI is InChI=1S/C13H19NO4/c1-15-11-7-13(17-3)12(16-2)6-9(11)10-8-18-5-4-14-10/h6-7,10,14H,4-5,8H2,1-3H3. The van der Waals surface area contributed by atoms with E-state index in [0.29, 0.717) is 18.1 Å². The third kappa shape index (κ3) is 2.52. The van der Waals surface area contributed by atoms with Crippen molar-refractivity contribution in [3.63, 3.8) is 0 Å². The number of rotatable bonds is 4. The van der Waals surface area contributed by atoms with Crippen LogP contribution in [0.5, 0.6) is 17.2 Å². The molecule has 1 aromatic carbocycles. The van der Waals surface area contributed by atoms with E-state index in [2.05, 4.69) is 5.32 Å². The zero-order chi connectivity index (χ0) is 13.0. The lowest BCUT2D eigenvalue weighted by atomic mass is 10.0. The molecule has 1 aliphatic rings. The lowest BCUT2D eigenvalue weighted by Crippen LogP contribution is -2.34. The van der Waals surface area contributed by atoms with Crippen LogP contribution in [-0.4, -0.2) is 41.1 Å². The molecule has 100 valence electrons. The Bertz CT molecular complexity index is 402. The van der Waals surface area contributed by atoms with Crippen LogP contribution in [0.15, 0.2) is 12.1 Å². The molecule has 1 aromatic rings. The minimum Gasteiger partial charge on any atom is -0.496 e. The van der Waals surface area contributed by atoms with Crippen LogP contribution in [0.2, 0.25) is 0 Å². The van der Waals surface area contributed by atoms with Crippen molar-refractivity contribution in [1.82, 2.24) is 5.32 Å². The van der Waals surface area contributed by atoms with E-state index >= 15 is 0 Å². The first kappa shape index (κ1) is 13.0. The van der Waals surface area contributed by atoms with Crippen molar-refractivity contribution in [2.45, 2.75) is 6.04 Å². The molecule has 0 amide bonds. The Labute approximate surface area is 107 Å². The van der Waals surface area contributed by atoms with Crippen molar-refractivity contribution < 1.29 is 18.9 Å². The van der Waals surface area contributed by atoms with Crippen LogP contribution in [0.3, 0.4) is 0 Å². The third-order valence-electron chi connectivity index (χ3n) is 3.03. The maximum absolute atomic E-state index is 5.48. The molecule has 1 heterocycles. The second-order valence-corrected chi connectivity index (χ2v) is 4.03. The van der Waals surface area contributed by atoms with Crippen molar-refractivity contribution in [3.05, 3.63) is 17.7 Å². The van der Waals surface area contributed by atoms with Gasteiger partial charge in [0.25, 0.3) is 0 Å². The maximum Gasteiger partial charge on any atom is 0.164 e. The van der Waals surface area contributed by atoms with Gasteiger partial charge in [0.1, 0.15) is 5.75 Å². The number of methoxy groups -OCH3 is 3. The van der Waals surface area contributed by atoms with Crippen molar-refractivity contribution in [3.8, 4) is 17.2 Å². The van der Waals surface area contributed by atoms with Gasteiger partial charge in [-0.15, -0.1) is 0 Å². The van der Waals surface area contributed by atoms with Gasteiger partial charge in [-0.2, -0.15) is 0 Å². The van der Waals surface area contributed by atoms with Gasteiger partial charge >= 0.3 is 0 Å². The van der Waals surface area contributed by atoms with Crippen LogP contribution in [0.25, 0.3) is 0 Å². The van der Waals surface area contributed by atoms with Crippen molar-refractivity contribution in [2.24, 2.45) is 0 Å². The van der Waals surface area contributed by atoms with Crippen LogP contribution < -0.4 is 19.5 Å². The summed E-state index contributed by atoms with van der Waals surface area (Å²) < 4.78 is 21.5. The normalized spacial score (nSPS) is 19.4. The van der Waals surface area contributed by atoms with E-state index in [1.165, 1.54) is 0 Å². The fourth-order valence-corrected chi connectivity index (χ4v) is 2.09. The smallest absolute Gasteiger partial charge is 0.164 e. The highest BCUT2D eigenvalue weighted by atomic mass is 16.5. The monoisotopic (exact) mass is 253 g/mol. The van der Waals surface area contributed by atoms with Crippen LogP contribution >= 0.6 is 0 Å². The van der Waals surface area contributed by atoms with Gasteiger partial charge < -0.3 is 24.3 Å². The highest BCUT2D eigenvalue weighted by Gasteiger charge is 2.21. The summed E-state index contributed by atoms with van der Waals surface area (Å²) in [6.45, 7) is 2.21. The minimum atomic E-state index is 0.119. The number of hydrogen-bond acceptors (Lipinski definition) is 5. The first-order chi connectivity index (χ1) is 8.80. The largest absolute Gasteiger partial charge is 0.496 e. The van der Waals surface area contributed by atoms with E-state index in [1.54, 1.807) is 21.3 Å². The molecule has 0 bridgehead atoms. The van der Waals surface area contributed by atoms with Crippen LogP contribution in [0.4, 0.5) is 0 Å². The molecular weight excluding hydrogens is 234 g/mol. The summed E-state index contributed by atoms with van der Waals surface area (Å²) >= 11 is 0. The SMILES string of the molecule is COc1cc(OC)c(C2COCCN2)cc1OC. The number of benzene rings is 1. The number of ether oxygens (including phenoxy) is 4. The fourth-order valence-electron chi connectivity index (χ4n) is 2.09. The van der Waals surface area contributed by atoms with E-state index in [-0.39, 0.29) is 6.04 Å². The molecule has 1 N–H and O–H groups in total. The quantitative estimate of drug-likeness (QED) is 0.878. The minimum absolute atomic E-state index is 0.119. The van der Waals surface area contributed by atoms with Crippen LogP contribution in [-0.2, 0) is 4.74 Å². The second-order valence-electron chi connectivity index (χ2n) is 4.03. The lowest BCUT2D eigenvalue weighted by Gasteiger charge is -2.26. The van der Waals surface area contributed by atoms with Gasteiger partial charge in [0.15, 0.2) is 11.5 Å². The first-order valence-corrected chi connectivity index (χ1v) is 5.91. The number of morpholine rings is 1. The maximum atomic E-state index is 5.48. The lowest BCUT2D eigenvalue weighted by molar-refractivity contribution is 0.0759. The molecule has 0 saturated carbocycles. The number of hydrogen-bond donors (Lipinski definition) is 1. The Morgan fingerprint density at radius 2 is 1.72 bits per heavy atom. The fraction of sp³-hybridized carbons (Fsp3) is 0.538. The molecule has 1 saturated heterocycles. The molecule has 5 heteroatoms. The predicted molar refractivity (Wildman–Crippen MR) is 67.7 cm³/mol.